The molecule has 0 spiro atoms. The number of likely N-dealkylation sites (tertiary alicyclic amines) is 1. The molecule has 0 bridgehead atoms. The molecular formula is C13H21F3N2O3. The van der Waals surface area contributed by atoms with Crippen molar-refractivity contribution in [3.63, 3.8) is 0 Å². The van der Waals surface area contributed by atoms with Gasteiger partial charge in [-0.1, -0.05) is 13.8 Å². The first-order valence-corrected chi connectivity index (χ1v) is 6.93. The van der Waals surface area contributed by atoms with Gasteiger partial charge in [0.15, 0.2) is 0 Å². The number of alkyl halides is 3. The minimum absolute atomic E-state index is 0.225. The molecule has 2 amide bonds. The Morgan fingerprint density at radius 2 is 1.95 bits per heavy atom. The number of carbonyl (C=O) groups excluding carboxylic acids is 2. The maximum Gasteiger partial charge on any atom is 0.406 e. The Morgan fingerprint density at radius 3 is 2.38 bits per heavy atom. The molecule has 1 heterocycles. The molecule has 0 aromatic carbocycles. The predicted molar refractivity (Wildman–Crippen MR) is 69.3 cm³/mol. The molecule has 1 rings (SSSR count). The van der Waals surface area contributed by atoms with Gasteiger partial charge in [-0.15, -0.1) is 0 Å². The first-order valence-electron chi connectivity index (χ1n) is 6.93. The van der Waals surface area contributed by atoms with Crippen LogP contribution in [-0.4, -0.2) is 53.2 Å². The Balaban J connectivity index is 2.67. The molecule has 0 aromatic rings. The van der Waals surface area contributed by atoms with Gasteiger partial charge in [0.25, 0.3) is 0 Å². The van der Waals surface area contributed by atoms with Crippen molar-refractivity contribution in [2.75, 3.05) is 19.7 Å². The van der Waals surface area contributed by atoms with Gasteiger partial charge in [0.05, 0.1) is 18.1 Å². The number of aliphatic hydroxyl groups is 1. The molecule has 21 heavy (non-hydrogen) atoms. The van der Waals surface area contributed by atoms with Gasteiger partial charge in [0, 0.05) is 13.0 Å². The Kier molecular flexibility index (Phi) is 5.61. The van der Waals surface area contributed by atoms with Crippen molar-refractivity contribution in [2.24, 2.45) is 5.92 Å². The lowest BCUT2D eigenvalue weighted by Gasteiger charge is -2.31. The Labute approximate surface area is 121 Å². The summed E-state index contributed by atoms with van der Waals surface area (Å²) in [5.74, 6) is -1.95. The lowest BCUT2D eigenvalue weighted by atomic mass is 9.92. The van der Waals surface area contributed by atoms with E-state index in [1.54, 1.807) is 13.8 Å². The number of nitrogens with zero attached hydrogens (tertiary/aromatic N) is 1. The molecule has 0 aliphatic carbocycles. The lowest BCUT2D eigenvalue weighted by molar-refractivity contribution is -0.157. The quantitative estimate of drug-likeness (QED) is 0.771. The van der Waals surface area contributed by atoms with Gasteiger partial charge in [-0.2, -0.15) is 13.2 Å². The van der Waals surface area contributed by atoms with E-state index in [0.29, 0.717) is 17.7 Å². The molecule has 1 aliphatic heterocycles. The number of rotatable bonds is 6. The Bertz CT molecular complexity index is 386. The summed E-state index contributed by atoms with van der Waals surface area (Å²) in [6.45, 7) is 1.78. The summed E-state index contributed by atoms with van der Waals surface area (Å²) < 4.78 is 36.9. The molecule has 0 saturated carbocycles. The van der Waals surface area contributed by atoms with E-state index >= 15 is 0 Å². The second-order valence-corrected chi connectivity index (χ2v) is 5.43. The first-order chi connectivity index (χ1) is 9.66. The van der Waals surface area contributed by atoms with E-state index in [1.165, 1.54) is 0 Å². The zero-order valence-electron chi connectivity index (χ0n) is 12.2. The standard InChI is InChI=1S/C13H21F3N2O3/c1-3-12(4-2,8-19)17-11(21)9-5-10(20)18(6-9)7-13(14,15)16/h9,19H,3-8H2,1-2H3,(H,17,21). The van der Waals surface area contributed by atoms with Crippen molar-refractivity contribution >= 4 is 11.8 Å². The van der Waals surface area contributed by atoms with Crippen molar-refractivity contribution in [2.45, 2.75) is 44.8 Å². The highest BCUT2D eigenvalue weighted by atomic mass is 19.4. The summed E-state index contributed by atoms with van der Waals surface area (Å²) in [5, 5.41) is 12.1. The van der Waals surface area contributed by atoms with Gasteiger partial charge in [0.2, 0.25) is 11.8 Å². The van der Waals surface area contributed by atoms with Crippen molar-refractivity contribution in [1.29, 1.82) is 0 Å². The average molecular weight is 310 g/mol. The van der Waals surface area contributed by atoms with E-state index in [9.17, 15) is 27.9 Å². The van der Waals surface area contributed by atoms with Crippen LogP contribution < -0.4 is 5.32 Å². The lowest BCUT2D eigenvalue weighted by Crippen LogP contribution is -2.52. The number of nitrogens with one attached hydrogen (secondary N) is 1. The molecule has 122 valence electrons. The SMILES string of the molecule is CCC(CC)(CO)NC(=O)C1CC(=O)N(CC(F)(F)F)C1. The van der Waals surface area contributed by atoms with Gasteiger partial charge < -0.3 is 15.3 Å². The van der Waals surface area contributed by atoms with Crippen molar-refractivity contribution in [1.82, 2.24) is 10.2 Å². The molecule has 2 N–H and O–H groups in total. The summed E-state index contributed by atoms with van der Waals surface area (Å²) in [7, 11) is 0. The van der Waals surface area contributed by atoms with E-state index in [4.69, 9.17) is 0 Å². The number of hydrogen-bond donors (Lipinski definition) is 2. The van der Waals surface area contributed by atoms with E-state index in [-0.39, 0.29) is 19.6 Å². The van der Waals surface area contributed by atoms with Crippen molar-refractivity contribution in [3.05, 3.63) is 0 Å². The zero-order valence-corrected chi connectivity index (χ0v) is 12.2. The third-order valence-electron chi connectivity index (χ3n) is 4.00. The maximum absolute atomic E-state index is 12.3. The summed E-state index contributed by atoms with van der Waals surface area (Å²) >= 11 is 0. The van der Waals surface area contributed by atoms with Gasteiger partial charge in [0.1, 0.15) is 6.54 Å². The number of carbonyl (C=O) groups is 2. The van der Waals surface area contributed by atoms with Gasteiger partial charge in [-0.3, -0.25) is 9.59 Å². The highest BCUT2D eigenvalue weighted by Crippen LogP contribution is 2.25. The van der Waals surface area contributed by atoms with Crippen molar-refractivity contribution in [3.8, 4) is 0 Å². The van der Waals surface area contributed by atoms with E-state index < -0.39 is 36.0 Å². The van der Waals surface area contributed by atoms with E-state index in [2.05, 4.69) is 5.32 Å². The van der Waals surface area contributed by atoms with E-state index in [0.717, 1.165) is 0 Å². The summed E-state index contributed by atoms with van der Waals surface area (Å²) in [6, 6.07) is 0. The molecule has 1 fully saturated rings. The second kappa shape index (κ2) is 6.64. The predicted octanol–water partition coefficient (Wildman–Crippen LogP) is 1.06. The number of aliphatic hydroxyl groups excluding tert-OH is 1. The molecule has 1 saturated heterocycles. The van der Waals surface area contributed by atoms with Crippen LogP contribution in [0.25, 0.3) is 0 Å². The molecule has 1 aliphatic rings. The fraction of sp³-hybridized carbons (Fsp3) is 0.846. The van der Waals surface area contributed by atoms with Crippen LogP contribution in [0.15, 0.2) is 0 Å². The maximum atomic E-state index is 12.3. The number of hydrogen-bond acceptors (Lipinski definition) is 3. The fourth-order valence-electron chi connectivity index (χ4n) is 2.37. The number of halogens is 3. The molecule has 0 aromatic heterocycles. The molecular weight excluding hydrogens is 289 g/mol. The third kappa shape index (κ3) is 4.59. The van der Waals surface area contributed by atoms with E-state index in [1.807, 2.05) is 0 Å². The summed E-state index contributed by atoms with van der Waals surface area (Å²) in [5.41, 5.74) is -0.780. The van der Waals surface area contributed by atoms with Crippen LogP contribution in [0.1, 0.15) is 33.1 Å². The average Bonchev–Trinajstić information content (AvgIpc) is 2.75. The minimum atomic E-state index is -4.47. The van der Waals surface area contributed by atoms with Crippen LogP contribution in [0.3, 0.4) is 0 Å². The Hall–Kier alpha value is -1.31. The van der Waals surface area contributed by atoms with Gasteiger partial charge in [-0.25, -0.2) is 0 Å². The number of amides is 2. The minimum Gasteiger partial charge on any atom is -0.394 e. The Morgan fingerprint density at radius 1 is 1.38 bits per heavy atom. The van der Waals surface area contributed by atoms with Crippen molar-refractivity contribution < 1.29 is 27.9 Å². The summed E-state index contributed by atoms with van der Waals surface area (Å²) in [4.78, 5) is 24.3. The second-order valence-electron chi connectivity index (χ2n) is 5.43. The zero-order chi connectivity index (χ0) is 16.3. The highest BCUT2D eigenvalue weighted by molar-refractivity contribution is 5.89. The smallest absolute Gasteiger partial charge is 0.394 e. The molecule has 8 heteroatoms. The van der Waals surface area contributed by atoms with Crippen LogP contribution in [0.5, 0.6) is 0 Å². The van der Waals surface area contributed by atoms with Crippen LogP contribution in [0, 0.1) is 5.92 Å². The molecule has 5 nitrogen and oxygen atoms in total. The highest BCUT2D eigenvalue weighted by Gasteiger charge is 2.41. The monoisotopic (exact) mass is 310 g/mol. The van der Waals surface area contributed by atoms with Crippen LogP contribution in [-0.2, 0) is 9.59 Å². The normalized spacial score (nSPS) is 20.0. The topological polar surface area (TPSA) is 69.6 Å². The fourth-order valence-corrected chi connectivity index (χ4v) is 2.37. The molecule has 1 atom stereocenters. The summed E-state index contributed by atoms with van der Waals surface area (Å²) in [6.07, 6.45) is -3.70. The van der Waals surface area contributed by atoms with Crippen LogP contribution in [0.2, 0.25) is 0 Å². The van der Waals surface area contributed by atoms with Gasteiger partial charge in [-0.05, 0) is 12.8 Å². The largest absolute Gasteiger partial charge is 0.406 e. The third-order valence-corrected chi connectivity index (χ3v) is 4.00. The van der Waals surface area contributed by atoms with Crippen LogP contribution >= 0.6 is 0 Å². The first kappa shape index (κ1) is 17.7. The van der Waals surface area contributed by atoms with Crippen LogP contribution in [0.4, 0.5) is 13.2 Å². The van der Waals surface area contributed by atoms with Gasteiger partial charge >= 0.3 is 6.18 Å². The molecule has 1 unspecified atom stereocenters. The molecule has 0 radical (unpaired) electrons.